The number of ether oxygens (including phenoxy) is 2. The van der Waals surface area contributed by atoms with E-state index in [4.69, 9.17) is 14.6 Å². The Morgan fingerprint density at radius 2 is 1.76 bits per heavy atom. The fourth-order valence-corrected chi connectivity index (χ4v) is 9.53. The molecule has 0 saturated heterocycles. The number of carbonyl (C=O) groups excluding carboxylic acids is 1. The Bertz CT molecular complexity index is 1170. The van der Waals surface area contributed by atoms with Crippen molar-refractivity contribution < 1.29 is 28.2 Å². The van der Waals surface area contributed by atoms with Crippen LogP contribution in [0.15, 0.2) is 42.5 Å². The largest absolute Gasteiger partial charge is 0.493 e. The lowest BCUT2D eigenvalue weighted by atomic mass is 9.83. The van der Waals surface area contributed by atoms with Crippen molar-refractivity contribution in [1.29, 1.82) is 0 Å². The highest BCUT2D eigenvalue weighted by Crippen LogP contribution is 2.46. The fraction of sp³-hybridized carbons (Fsp3) is 0.559. The highest BCUT2D eigenvalue weighted by molar-refractivity contribution is 6.78. The molecule has 1 fully saturated rings. The molecule has 1 aliphatic carbocycles. The predicted molar refractivity (Wildman–Crippen MR) is 165 cm³/mol. The number of hydrogen-bond donors (Lipinski definition) is 1. The highest BCUT2D eigenvalue weighted by Gasteiger charge is 2.35. The number of unbranched alkanes of at least 4 members (excludes halogenated alkanes) is 3. The van der Waals surface area contributed by atoms with Crippen LogP contribution < -0.4 is 4.74 Å². The van der Waals surface area contributed by atoms with Crippen LogP contribution in [0.4, 0.5) is 8.78 Å². The molecule has 226 valence electrons. The maximum Gasteiger partial charge on any atom is 0.333 e. The van der Waals surface area contributed by atoms with Gasteiger partial charge in [-0.15, -0.1) is 0 Å². The second kappa shape index (κ2) is 15.6. The van der Waals surface area contributed by atoms with Gasteiger partial charge in [-0.1, -0.05) is 76.5 Å². The van der Waals surface area contributed by atoms with Crippen molar-refractivity contribution in [2.75, 3.05) is 13.2 Å². The van der Waals surface area contributed by atoms with Crippen LogP contribution in [0.5, 0.6) is 5.75 Å². The van der Waals surface area contributed by atoms with E-state index in [0.29, 0.717) is 35.5 Å². The maximum atomic E-state index is 15.6. The molecule has 0 amide bonds. The molecule has 41 heavy (non-hydrogen) atoms. The van der Waals surface area contributed by atoms with Gasteiger partial charge in [0, 0.05) is 23.3 Å². The number of aliphatic hydroxyl groups excluding tert-OH is 1. The second-order valence-corrected chi connectivity index (χ2v) is 17.6. The van der Waals surface area contributed by atoms with Gasteiger partial charge in [0.05, 0.1) is 14.7 Å². The summed E-state index contributed by atoms with van der Waals surface area (Å²) in [5.41, 5.74) is 2.75. The van der Waals surface area contributed by atoms with Crippen LogP contribution in [0, 0.1) is 11.6 Å². The normalized spacial score (nSPS) is 17.3. The van der Waals surface area contributed by atoms with E-state index in [2.05, 4.69) is 26.6 Å². The molecule has 0 spiro atoms. The van der Waals surface area contributed by atoms with E-state index in [9.17, 15) is 4.79 Å². The van der Waals surface area contributed by atoms with Crippen molar-refractivity contribution in [3.05, 3.63) is 65.2 Å². The molecule has 0 heterocycles. The Morgan fingerprint density at radius 3 is 2.41 bits per heavy atom. The number of benzene rings is 2. The Balaban J connectivity index is 1.78. The number of carbonyl (C=O) groups is 1. The number of hydrogen-bond acceptors (Lipinski definition) is 4. The van der Waals surface area contributed by atoms with E-state index in [1.54, 1.807) is 37.3 Å². The topological polar surface area (TPSA) is 55.8 Å². The first-order chi connectivity index (χ1) is 19.6. The van der Waals surface area contributed by atoms with E-state index in [0.717, 1.165) is 44.1 Å². The van der Waals surface area contributed by atoms with Crippen LogP contribution in [0.1, 0.15) is 88.7 Å². The summed E-state index contributed by atoms with van der Waals surface area (Å²) in [6, 6.07) is 9.89. The lowest BCUT2D eigenvalue weighted by molar-refractivity contribution is -0.140. The zero-order chi connectivity index (χ0) is 30.0. The molecule has 0 aromatic heterocycles. The van der Waals surface area contributed by atoms with Crippen molar-refractivity contribution >= 4 is 14.0 Å². The van der Waals surface area contributed by atoms with E-state index in [1.165, 1.54) is 18.9 Å². The van der Waals surface area contributed by atoms with Crippen molar-refractivity contribution in [1.82, 2.24) is 0 Å². The van der Waals surface area contributed by atoms with Gasteiger partial charge >= 0.3 is 5.97 Å². The van der Waals surface area contributed by atoms with E-state index < -0.39 is 25.7 Å². The SMILES string of the molecule is C=C(C)C(=O)OCc1cc(-c2ccc(C3CCC([Si](C)(C)CCCC)CC3)c(F)c2F)ccc1OCCCCCO. The molecule has 0 radical (unpaired) electrons. The summed E-state index contributed by atoms with van der Waals surface area (Å²) >= 11 is 0. The summed E-state index contributed by atoms with van der Waals surface area (Å²) in [5, 5.41) is 8.98. The van der Waals surface area contributed by atoms with E-state index in [1.807, 2.05) is 0 Å². The first kappa shape index (κ1) is 33.0. The minimum atomic E-state index is -1.30. The van der Waals surface area contributed by atoms with Gasteiger partial charge in [0.2, 0.25) is 0 Å². The smallest absolute Gasteiger partial charge is 0.333 e. The average molecular weight is 587 g/mol. The van der Waals surface area contributed by atoms with Gasteiger partial charge in [-0.05, 0) is 73.7 Å². The molecule has 0 aliphatic heterocycles. The summed E-state index contributed by atoms with van der Waals surface area (Å²) in [5.74, 6) is -1.56. The first-order valence-electron chi connectivity index (χ1n) is 15.3. The standard InChI is InChI=1S/C34H48F2O4Si/c1-6-7-21-41(4,5)28-14-11-25(12-15-28)29-16-17-30(33(36)32(29)35)26-13-18-31(39-20-10-8-9-19-37)27(22-26)23-40-34(38)24(2)3/h13,16-18,22,25,28,37H,2,6-12,14-15,19-21,23H2,1,3-5H3. The molecule has 3 rings (SSSR count). The zero-order valence-electron chi connectivity index (χ0n) is 25.4. The van der Waals surface area contributed by atoms with Crippen LogP contribution >= 0.6 is 0 Å². The molecule has 4 nitrogen and oxygen atoms in total. The molecule has 0 unspecified atom stereocenters. The van der Waals surface area contributed by atoms with Gasteiger partial charge in [0.25, 0.3) is 0 Å². The number of rotatable bonds is 15. The molecule has 0 bridgehead atoms. The molecule has 2 aromatic carbocycles. The Labute approximate surface area is 246 Å². The van der Waals surface area contributed by atoms with Gasteiger partial charge in [-0.2, -0.15) is 0 Å². The molecule has 1 saturated carbocycles. The number of halogens is 2. The molecule has 7 heteroatoms. The minimum Gasteiger partial charge on any atom is -0.493 e. The fourth-order valence-electron chi connectivity index (χ4n) is 5.96. The lowest BCUT2D eigenvalue weighted by Gasteiger charge is -2.38. The maximum absolute atomic E-state index is 15.6. The summed E-state index contributed by atoms with van der Waals surface area (Å²) in [6.45, 7) is 12.9. The van der Waals surface area contributed by atoms with Crippen LogP contribution in [-0.4, -0.2) is 32.4 Å². The van der Waals surface area contributed by atoms with Crippen molar-refractivity contribution in [2.24, 2.45) is 0 Å². The zero-order valence-corrected chi connectivity index (χ0v) is 26.4. The number of aliphatic hydroxyl groups is 1. The highest BCUT2D eigenvalue weighted by atomic mass is 28.3. The Hall–Kier alpha value is -2.51. The summed E-state index contributed by atoms with van der Waals surface area (Å²) in [6.07, 6.45) is 8.82. The third kappa shape index (κ3) is 8.98. The molecule has 0 atom stereocenters. The lowest BCUT2D eigenvalue weighted by Crippen LogP contribution is -2.34. The monoisotopic (exact) mass is 586 g/mol. The first-order valence-corrected chi connectivity index (χ1v) is 18.5. The van der Waals surface area contributed by atoms with Gasteiger partial charge in [0.15, 0.2) is 11.6 Å². The molecular weight excluding hydrogens is 538 g/mol. The number of esters is 1. The summed E-state index contributed by atoms with van der Waals surface area (Å²) in [7, 11) is -1.30. The third-order valence-electron chi connectivity index (χ3n) is 8.70. The van der Waals surface area contributed by atoms with Crippen LogP contribution in [0.25, 0.3) is 11.1 Å². The molecular formula is C34H48F2O4Si. The van der Waals surface area contributed by atoms with Crippen molar-refractivity contribution in [2.45, 2.75) is 109 Å². The molecule has 1 N–H and O–H groups in total. The van der Waals surface area contributed by atoms with Gasteiger partial charge in [-0.3, -0.25) is 0 Å². The van der Waals surface area contributed by atoms with Crippen molar-refractivity contribution in [3.63, 3.8) is 0 Å². The second-order valence-electron chi connectivity index (χ2n) is 12.3. The van der Waals surface area contributed by atoms with Crippen LogP contribution in [-0.2, 0) is 16.1 Å². The Kier molecular flexibility index (Phi) is 12.6. The third-order valence-corrected chi connectivity index (χ3v) is 13.1. The average Bonchev–Trinajstić information content (AvgIpc) is 2.96. The van der Waals surface area contributed by atoms with Crippen molar-refractivity contribution in [3.8, 4) is 16.9 Å². The van der Waals surface area contributed by atoms with Gasteiger partial charge < -0.3 is 14.6 Å². The minimum absolute atomic E-state index is 0.0458. The van der Waals surface area contributed by atoms with Crippen LogP contribution in [0.2, 0.25) is 24.7 Å². The van der Waals surface area contributed by atoms with E-state index >= 15 is 8.78 Å². The Morgan fingerprint density at radius 1 is 1.02 bits per heavy atom. The van der Waals surface area contributed by atoms with Gasteiger partial charge in [-0.25, -0.2) is 13.6 Å². The summed E-state index contributed by atoms with van der Waals surface area (Å²) in [4.78, 5) is 12.0. The van der Waals surface area contributed by atoms with E-state index in [-0.39, 0.29) is 30.3 Å². The van der Waals surface area contributed by atoms with Gasteiger partial charge in [0.1, 0.15) is 12.4 Å². The van der Waals surface area contributed by atoms with Crippen LogP contribution in [0.3, 0.4) is 0 Å². The summed E-state index contributed by atoms with van der Waals surface area (Å²) < 4.78 is 42.4. The molecule has 2 aromatic rings. The quantitative estimate of drug-likeness (QED) is 0.0978. The predicted octanol–water partition coefficient (Wildman–Crippen LogP) is 9.33. The molecule has 1 aliphatic rings.